The molecule has 0 unspecified atom stereocenters. The molecule has 1 heterocycles. The molecule has 1 saturated heterocycles. The number of nitrogens with zero attached hydrogens (tertiary/aromatic N) is 1. The lowest BCUT2D eigenvalue weighted by Gasteiger charge is -2.22. The molecule has 18 heavy (non-hydrogen) atoms. The van der Waals surface area contributed by atoms with Gasteiger partial charge in [-0.25, -0.2) is 8.42 Å². The van der Waals surface area contributed by atoms with Crippen molar-refractivity contribution < 1.29 is 13.5 Å². The molecule has 0 bridgehead atoms. The summed E-state index contributed by atoms with van der Waals surface area (Å²) < 4.78 is 26.8. The summed E-state index contributed by atoms with van der Waals surface area (Å²) in [4.78, 5) is 0.170. The number of hydrogen-bond donors (Lipinski definition) is 2. The molecule has 0 aromatic heterocycles. The second-order valence-electron chi connectivity index (χ2n) is 4.28. The molecule has 2 rings (SSSR count). The monoisotopic (exact) mass is 334 g/mol. The van der Waals surface area contributed by atoms with Crippen LogP contribution in [0.3, 0.4) is 0 Å². The lowest BCUT2D eigenvalue weighted by molar-refractivity contribution is 0.213. The van der Waals surface area contributed by atoms with Crippen molar-refractivity contribution in [3.8, 4) is 0 Å². The van der Waals surface area contributed by atoms with Gasteiger partial charge in [-0.1, -0.05) is 0 Å². The van der Waals surface area contributed by atoms with E-state index in [9.17, 15) is 13.5 Å². The Hall–Kier alpha value is -0.630. The Morgan fingerprint density at radius 2 is 2.22 bits per heavy atom. The van der Waals surface area contributed by atoms with Gasteiger partial charge in [0.1, 0.15) is 0 Å². The van der Waals surface area contributed by atoms with Gasteiger partial charge in [-0.05, 0) is 47.0 Å². The minimum Gasteiger partial charge on any atom is -0.398 e. The van der Waals surface area contributed by atoms with Crippen molar-refractivity contribution in [2.24, 2.45) is 0 Å². The third-order valence-corrected chi connectivity index (χ3v) is 5.78. The van der Waals surface area contributed by atoms with Crippen molar-refractivity contribution in [2.75, 3.05) is 18.9 Å². The van der Waals surface area contributed by atoms with Crippen LogP contribution >= 0.6 is 15.9 Å². The Labute approximate surface area is 115 Å². The quantitative estimate of drug-likeness (QED) is 0.813. The maximum atomic E-state index is 12.4. The second-order valence-corrected chi connectivity index (χ2v) is 7.02. The normalized spacial score (nSPS) is 21.3. The highest BCUT2D eigenvalue weighted by molar-refractivity contribution is 9.10. The number of nitrogen functional groups attached to an aromatic ring is 1. The Bertz CT molecular complexity index is 547. The topological polar surface area (TPSA) is 83.6 Å². The third-order valence-electron chi connectivity index (χ3n) is 3.11. The average Bonchev–Trinajstić information content (AvgIpc) is 2.81. The van der Waals surface area contributed by atoms with Crippen LogP contribution in [0, 0.1) is 0 Å². The lowest BCUT2D eigenvalue weighted by atomic mass is 10.2. The fraction of sp³-hybridized carbons (Fsp3) is 0.455. The van der Waals surface area contributed by atoms with E-state index in [1.54, 1.807) is 6.07 Å². The minimum atomic E-state index is -3.57. The van der Waals surface area contributed by atoms with E-state index in [0.29, 0.717) is 23.1 Å². The van der Waals surface area contributed by atoms with Crippen LogP contribution in [0.5, 0.6) is 0 Å². The molecular formula is C11H15BrN2O3S. The van der Waals surface area contributed by atoms with Crippen LogP contribution in [0.2, 0.25) is 0 Å². The summed E-state index contributed by atoms with van der Waals surface area (Å²) in [6.07, 6.45) is 1.47. The minimum absolute atomic E-state index is 0.148. The zero-order chi connectivity index (χ0) is 13.3. The first-order chi connectivity index (χ1) is 8.46. The zero-order valence-electron chi connectivity index (χ0n) is 9.71. The van der Waals surface area contributed by atoms with Crippen molar-refractivity contribution in [3.63, 3.8) is 0 Å². The smallest absolute Gasteiger partial charge is 0.243 e. The predicted octanol–water partition coefficient (Wildman–Crippen LogP) is 1.18. The molecule has 3 N–H and O–H groups in total. The molecular weight excluding hydrogens is 320 g/mol. The average molecular weight is 335 g/mol. The zero-order valence-corrected chi connectivity index (χ0v) is 12.1. The first-order valence-corrected chi connectivity index (χ1v) is 7.88. The van der Waals surface area contributed by atoms with E-state index in [-0.39, 0.29) is 17.5 Å². The van der Waals surface area contributed by atoms with Crippen LogP contribution in [0.15, 0.2) is 27.6 Å². The van der Waals surface area contributed by atoms with Gasteiger partial charge in [0.2, 0.25) is 10.0 Å². The fourth-order valence-corrected chi connectivity index (χ4v) is 4.09. The number of nitrogens with two attached hydrogens (primary N) is 1. The summed E-state index contributed by atoms with van der Waals surface area (Å²) in [5.41, 5.74) is 6.09. The van der Waals surface area contributed by atoms with Crippen LogP contribution in [0.4, 0.5) is 5.69 Å². The third kappa shape index (κ3) is 2.40. The maximum absolute atomic E-state index is 12.4. The van der Waals surface area contributed by atoms with Crippen LogP contribution in [-0.4, -0.2) is 37.0 Å². The summed E-state index contributed by atoms with van der Waals surface area (Å²) in [7, 11) is -3.57. The lowest BCUT2D eigenvalue weighted by Crippen LogP contribution is -2.37. The molecule has 1 atom stereocenters. The Morgan fingerprint density at radius 1 is 1.50 bits per heavy atom. The van der Waals surface area contributed by atoms with Gasteiger partial charge in [0.25, 0.3) is 0 Å². The van der Waals surface area contributed by atoms with E-state index >= 15 is 0 Å². The predicted molar refractivity (Wildman–Crippen MR) is 72.6 cm³/mol. The molecule has 100 valence electrons. The number of benzene rings is 1. The van der Waals surface area contributed by atoms with Crippen molar-refractivity contribution in [1.82, 2.24) is 4.31 Å². The van der Waals surface area contributed by atoms with Crippen LogP contribution < -0.4 is 5.73 Å². The van der Waals surface area contributed by atoms with Gasteiger partial charge >= 0.3 is 0 Å². The molecule has 1 aliphatic rings. The summed E-state index contributed by atoms with van der Waals surface area (Å²) >= 11 is 3.23. The van der Waals surface area contributed by atoms with Gasteiger partial charge < -0.3 is 10.8 Å². The van der Waals surface area contributed by atoms with Crippen LogP contribution in [0.1, 0.15) is 12.8 Å². The Balaban J connectivity index is 2.38. The van der Waals surface area contributed by atoms with Crippen molar-refractivity contribution >= 4 is 31.6 Å². The highest BCUT2D eigenvalue weighted by atomic mass is 79.9. The molecule has 0 amide bonds. The first kappa shape index (κ1) is 13.8. The number of halogens is 1. The van der Waals surface area contributed by atoms with E-state index in [2.05, 4.69) is 15.9 Å². The van der Waals surface area contributed by atoms with Gasteiger partial charge in [0.15, 0.2) is 0 Å². The summed E-state index contributed by atoms with van der Waals surface area (Å²) in [5.74, 6) is 0. The van der Waals surface area contributed by atoms with Gasteiger partial charge in [-0.3, -0.25) is 0 Å². The van der Waals surface area contributed by atoms with Gasteiger partial charge in [0.05, 0.1) is 11.5 Å². The molecule has 1 fully saturated rings. The van der Waals surface area contributed by atoms with Gasteiger partial charge in [-0.2, -0.15) is 4.31 Å². The molecule has 1 aromatic carbocycles. The highest BCUT2D eigenvalue weighted by Crippen LogP contribution is 2.29. The van der Waals surface area contributed by atoms with Gasteiger partial charge in [-0.15, -0.1) is 0 Å². The number of hydrogen-bond acceptors (Lipinski definition) is 4. The number of sulfonamides is 1. The molecule has 0 aliphatic carbocycles. The molecule has 5 nitrogen and oxygen atoms in total. The number of rotatable bonds is 3. The molecule has 7 heteroatoms. The van der Waals surface area contributed by atoms with Gasteiger partial charge in [0, 0.05) is 22.7 Å². The van der Waals surface area contributed by atoms with E-state index in [1.807, 2.05) is 0 Å². The highest BCUT2D eigenvalue weighted by Gasteiger charge is 2.34. The molecule has 0 spiro atoms. The molecule has 1 aromatic rings. The number of anilines is 1. The Morgan fingerprint density at radius 3 is 2.83 bits per heavy atom. The number of aliphatic hydroxyl groups is 1. The second kappa shape index (κ2) is 5.16. The van der Waals surface area contributed by atoms with E-state index in [0.717, 1.165) is 6.42 Å². The SMILES string of the molecule is Nc1cc(S(=O)(=O)N2CCC[C@@H]2CO)ccc1Br. The van der Waals surface area contributed by atoms with Crippen molar-refractivity contribution in [1.29, 1.82) is 0 Å². The van der Waals surface area contributed by atoms with Crippen LogP contribution in [0.25, 0.3) is 0 Å². The standard InChI is InChI=1S/C11H15BrN2O3S/c12-10-4-3-9(6-11(10)13)18(16,17)14-5-1-2-8(14)7-15/h3-4,6,8,15H,1-2,5,7,13H2/t8-/m1/s1. The first-order valence-electron chi connectivity index (χ1n) is 5.64. The summed E-state index contributed by atoms with van der Waals surface area (Å²) in [6.45, 7) is 0.300. The van der Waals surface area contributed by atoms with Crippen molar-refractivity contribution in [3.05, 3.63) is 22.7 Å². The van der Waals surface area contributed by atoms with Crippen LogP contribution in [-0.2, 0) is 10.0 Å². The molecule has 0 radical (unpaired) electrons. The van der Waals surface area contributed by atoms with Crippen molar-refractivity contribution in [2.45, 2.75) is 23.8 Å². The largest absolute Gasteiger partial charge is 0.398 e. The Kier molecular flexibility index (Phi) is 3.96. The summed E-state index contributed by atoms with van der Waals surface area (Å²) in [6, 6.07) is 4.25. The molecule has 1 aliphatic heterocycles. The van der Waals surface area contributed by atoms with E-state index in [1.165, 1.54) is 16.4 Å². The maximum Gasteiger partial charge on any atom is 0.243 e. The fourth-order valence-electron chi connectivity index (χ4n) is 2.13. The summed E-state index contributed by atoms with van der Waals surface area (Å²) in [5, 5.41) is 9.21. The van der Waals surface area contributed by atoms with E-state index in [4.69, 9.17) is 5.73 Å². The van der Waals surface area contributed by atoms with E-state index < -0.39 is 10.0 Å². The number of aliphatic hydroxyl groups excluding tert-OH is 1. The molecule has 0 saturated carbocycles.